The lowest BCUT2D eigenvalue weighted by Gasteiger charge is -2.18. The van der Waals surface area contributed by atoms with Crippen molar-refractivity contribution in [2.75, 3.05) is 25.9 Å². The Morgan fingerprint density at radius 3 is 2.31 bits per heavy atom. The van der Waals surface area contributed by atoms with Crippen LogP contribution < -0.4 is 5.73 Å². The number of esters is 1. The van der Waals surface area contributed by atoms with Crippen LogP contribution in [0.4, 0.5) is 5.69 Å². The van der Waals surface area contributed by atoms with E-state index >= 15 is 0 Å². The third-order valence-electron chi connectivity index (χ3n) is 4.00. The lowest BCUT2D eigenvalue weighted by Crippen LogP contribution is -2.30. The number of ether oxygens (including phenoxy) is 1. The van der Waals surface area contributed by atoms with Crippen molar-refractivity contribution in [1.29, 1.82) is 5.26 Å². The van der Waals surface area contributed by atoms with E-state index in [1.54, 1.807) is 26.0 Å². The highest BCUT2D eigenvalue weighted by Crippen LogP contribution is 2.26. The third-order valence-corrected chi connectivity index (χ3v) is 6.07. The van der Waals surface area contributed by atoms with Crippen LogP contribution in [0.15, 0.2) is 35.4 Å². The van der Waals surface area contributed by atoms with Gasteiger partial charge in [0.05, 0.1) is 23.3 Å². The molecule has 0 unspecified atom stereocenters. The number of rotatable bonds is 6. The van der Waals surface area contributed by atoms with E-state index in [0.717, 1.165) is 0 Å². The summed E-state index contributed by atoms with van der Waals surface area (Å²) in [4.78, 5) is 12.2. The molecule has 2 N–H and O–H groups in total. The van der Waals surface area contributed by atoms with Crippen molar-refractivity contribution in [3.05, 3.63) is 41.7 Å². The molecule has 0 saturated heterocycles. The summed E-state index contributed by atoms with van der Waals surface area (Å²) in [7, 11) is -2.37. The summed E-state index contributed by atoms with van der Waals surface area (Å²) in [5, 5.41) is 9.14. The Balaban J connectivity index is 2.53. The summed E-state index contributed by atoms with van der Waals surface area (Å²) in [6, 6.07) is 7.91. The number of aromatic nitrogens is 1. The zero-order chi connectivity index (χ0) is 19.5. The molecule has 1 aromatic carbocycles. The van der Waals surface area contributed by atoms with Crippen LogP contribution >= 0.6 is 0 Å². The van der Waals surface area contributed by atoms with E-state index in [1.807, 2.05) is 6.07 Å². The molecule has 0 aliphatic rings. The Hall–Kier alpha value is -2.83. The molecule has 0 spiro atoms. The maximum Gasteiger partial charge on any atom is 0.357 e. The molecule has 0 saturated carbocycles. The lowest BCUT2D eigenvalue weighted by atomic mass is 10.2. The van der Waals surface area contributed by atoms with E-state index in [2.05, 4.69) is 0 Å². The van der Waals surface area contributed by atoms with Gasteiger partial charge < -0.3 is 15.0 Å². The zero-order valence-electron chi connectivity index (χ0n) is 14.8. The summed E-state index contributed by atoms with van der Waals surface area (Å²) in [5.41, 5.74) is 6.50. The highest BCUT2D eigenvalue weighted by molar-refractivity contribution is 7.89. The molecule has 0 atom stereocenters. The third kappa shape index (κ3) is 3.29. The van der Waals surface area contributed by atoms with Crippen molar-refractivity contribution < 1.29 is 17.9 Å². The number of nitrogens with zero attached hydrogens (tertiary/aromatic N) is 3. The molecule has 8 nitrogen and oxygen atoms in total. The van der Waals surface area contributed by atoms with Crippen LogP contribution in [0.25, 0.3) is 5.69 Å². The van der Waals surface area contributed by atoms with Gasteiger partial charge in [0.2, 0.25) is 10.0 Å². The van der Waals surface area contributed by atoms with E-state index in [9.17, 15) is 13.2 Å². The predicted octanol–water partition coefficient (Wildman–Crippen LogP) is 1.75. The summed E-state index contributed by atoms with van der Waals surface area (Å²) >= 11 is 0. The Kier molecular flexibility index (Phi) is 5.69. The van der Waals surface area contributed by atoms with Gasteiger partial charge in [-0.15, -0.1) is 0 Å². The number of nitrogens with two attached hydrogens (primary N) is 1. The average Bonchev–Trinajstić information content (AvgIpc) is 2.98. The van der Waals surface area contributed by atoms with E-state index in [4.69, 9.17) is 15.7 Å². The maximum atomic E-state index is 12.6. The molecule has 2 rings (SSSR count). The van der Waals surface area contributed by atoms with Gasteiger partial charge in [0.25, 0.3) is 0 Å². The molecule has 0 fully saturated rings. The highest BCUT2D eigenvalue weighted by Gasteiger charge is 2.24. The summed E-state index contributed by atoms with van der Waals surface area (Å²) in [5.74, 6) is -0.691. The van der Waals surface area contributed by atoms with E-state index in [-0.39, 0.29) is 21.8 Å². The second kappa shape index (κ2) is 7.59. The molecule has 138 valence electrons. The van der Waals surface area contributed by atoms with Gasteiger partial charge in [-0.3, -0.25) is 0 Å². The molecule has 0 amide bonds. The van der Waals surface area contributed by atoms with Gasteiger partial charge in [-0.05, 0) is 24.3 Å². The summed E-state index contributed by atoms with van der Waals surface area (Å²) < 4.78 is 32.6. The fourth-order valence-corrected chi connectivity index (χ4v) is 4.07. The number of benzene rings is 1. The minimum absolute atomic E-state index is 0.0131. The Morgan fingerprint density at radius 1 is 1.27 bits per heavy atom. The van der Waals surface area contributed by atoms with Gasteiger partial charge in [-0.25, -0.2) is 13.2 Å². The number of nitriles is 1. The van der Waals surface area contributed by atoms with E-state index in [1.165, 1.54) is 34.3 Å². The smallest absolute Gasteiger partial charge is 0.357 e. The van der Waals surface area contributed by atoms with E-state index in [0.29, 0.717) is 18.8 Å². The number of sulfonamides is 1. The monoisotopic (exact) mass is 376 g/mol. The van der Waals surface area contributed by atoms with Gasteiger partial charge in [0.15, 0.2) is 5.69 Å². The van der Waals surface area contributed by atoms with Gasteiger partial charge in [-0.1, -0.05) is 13.8 Å². The van der Waals surface area contributed by atoms with Crippen molar-refractivity contribution in [2.24, 2.45) is 0 Å². The normalized spacial score (nSPS) is 11.3. The first-order valence-electron chi connectivity index (χ1n) is 7.91. The number of carbonyl (C=O) groups excluding carboxylic acids is 1. The van der Waals surface area contributed by atoms with Crippen LogP contribution in [0.2, 0.25) is 0 Å². The number of hydrogen-bond acceptors (Lipinski definition) is 6. The Morgan fingerprint density at radius 2 is 1.85 bits per heavy atom. The first-order valence-corrected chi connectivity index (χ1v) is 9.35. The highest BCUT2D eigenvalue weighted by atomic mass is 32.2. The molecule has 26 heavy (non-hydrogen) atoms. The minimum Gasteiger partial charge on any atom is -0.464 e. The number of anilines is 1. The van der Waals surface area contributed by atoms with Crippen LogP contribution in [0.5, 0.6) is 0 Å². The maximum absolute atomic E-state index is 12.6. The predicted molar refractivity (Wildman–Crippen MR) is 96.3 cm³/mol. The van der Waals surface area contributed by atoms with Gasteiger partial charge in [0, 0.05) is 25.0 Å². The molecule has 0 bridgehead atoms. The molecule has 0 radical (unpaired) electrons. The van der Waals surface area contributed by atoms with Crippen molar-refractivity contribution in [3.63, 3.8) is 0 Å². The molecule has 2 aromatic rings. The van der Waals surface area contributed by atoms with Gasteiger partial charge in [0.1, 0.15) is 6.07 Å². The summed E-state index contributed by atoms with van der Waals surface area (Å²) in [6.45, 7) is 4.27. The second-order valence-corrected chi connectivity index (χ2v) is 7.30. The fraction of sp³-hybridized carbons (Fsp3) is 0.294. The van der Waals surface area contributed by atoms with Gasteiger partial charge >= 0.3 is 5.97 Å². The molecular weight excluding hydrogens is 356 g/mol. The molecule has 9 heteroatoms. The van der Waals surface area contributed by atoms with Crippen molar-refractivity contribution >= 4 is 21.7 Å². The van der Waals surface area contributed by atoms with E-state index < -0.39 is 16.0 Å². The van der Waals surface area contributed by atoms with Crippen molar-refractivity contribution in [3.8, 4) is 11.8 Å². The zero-order valence-corrected chi connectivity index (χ0v) is 15.6. The van der Waals surface area contributed by atoms with Gasteiger partial charge in [-0.2, -0.15) is 9.57 Å². The topological polar surface area (TPSA) is 118 Å². The molecule has 0 aliphatic heterocycles. The summed E-state index contributed by atoms with van der Waals surface area (Å²) in [6.07, 6.45) is 1.41. The van der Waals surface area contributed by atoms with Crippen LogP contribution in [-0.2, 0) is 14.8 Å². The largest absolute Gasteiger partial charge is 0.464 e. The molecule has 0 aliphatic carbocycles. The van der Waals surface area contributed by atoms with Crippen LogP contribution in [0, 0.1) is 11.3 Å². The van der Waals surface area contributed by atoms with Crippen LogP contribution in [-0.4, -0.2) is 43.5 Å². The fourth-order valence-electron chi connectivity index (χ4n) is 2.61. The van der Waals surface area contributed by atoms with Crippen molar-refractivity contribution in [1.82, 2.24) is 8.87 Å². The van der Waals surface area contributed by atoms with Crippen molar-refractivity contribution in [2.45, 2.75) is 18.7 Å². The van der Waals surface area contributed by atoms with Crippen LogP contribution in [0.3, 0.4) is 0 Å². The van der Waals surface area contributed by atoms with Crippen LogP contribution in [0.1, 0.15) is 29.9 Å². The average molecular weight is 376 g/mol. The molecule has 1 aromatic heterocycles. The first-order chi connectivity index (χ1) is 12.3. The lowest BCUT2D eigenvalue weighted by molar-refractivity contribution is 0.0593. The number of methoxy groups -OCH3 is 1. The SMILES string of the molecule is CCN(CC)S(=O)(=O)c1ccc(-n2cc(C#N)c(N)c2C(=O)OC)cc1. The quantitative estimate of drug-likeness (QED) is 0.767. The first kappa shape index (κ1) is 19.5. The number of hydrogen-bond donors (Lipinski definition) is 1. The standard InChI is InChI=1S/C17H20N4O4S/c1-4-20(5-2)26(23,24)14-8-6-13(7-9-14)21-11-12(10-18)15(19)16(21)17(22)25-3/h6-9,11H,4-5,19H2,1-3H3. The Labute approximate surface area is 152 Å². The molecular formula is C17H20N4O4S. The Bertz CT molecular complexity index is 952. The number of nitrogen functional groups attached to an aromatic ring is 1. The number of carbonyl (C=O) groups is 1. The minimum atomic E-state index is -3.58. The molecule has 1 heterocycles. The second-order valence-electron chi connectivity index (χ2n) is 5.36.